The van der Waals surface area contributed by atoms with Crippen molar-refractivity contribution in [2.45, 2.75) is 90.1 Å². The molecule has 0 radical (unpaired) electrons. The van der Waals surface area contributed by atoms with Gasteiger partial charge in [-0.25, -0.2) is 0 Å². The highest BCUT2D eigenvalue weighted by atomic mass is 16.4. The van der Waals surface area contributed by atoms with Crippen LogP contribution in [0.4, 0.5) is 0 Å². The van der Waals surface area contributed by atoms with Crippen LogP contribution in [0.2, 0.25) is 0 Å². The summed E-state index contributed by atoms with van der Waals surface area (Å²) in [5.41, 5.74) is -1.03. The zero-order chi connectivity index (χ0) is 13.9. The van der Waals surface area contributed by atoms with Crippen molar-refractivity contribution in [2.24, 2.45) is 0 Å². The molecule has 1 unspecified atom stereocenters. The highest BCUT2D eigenvalue weighted by Gasteiger charge is 2.23. The molecule has 0 aromatic rings. The van der Waals surface area contributed by atoms with Crippen molar-refractivity contribution < 1.29 is 15.0 Å². The molecule has 0 spiro atoms. The quantitative estimate of drug-likeness (QED) is 0.517. The Balaban J connectivity index is 3.31. The smallest absolute Gasteiger partial charge is 0.306 e. The van der Waals surface area contributed by atoms with E-state index in [2.05, 4.69) is 6.92 Å². The van der Waals surface area contributed by atoms with E-state index in [0.29, 0.717) is 6.42 Å². The zero-order valence-corrected chi connectivity index (χ0v) is 12.1. The Morgan fingerprint density at radius 1 is 0.944 bits per heavy atom. The van der Waals surface area contributed by atoms with Gasteiger partial charge in [-0.05, 0) is 13.3 Å². The van der Waals surface area contributed by atoms with Crippen LogP contribution in [-0.2, 0) is 4.79 Å². The maximum Gasteiger partial charge on any atom is 0.306 e. The molecular weight excluding hydrogens is 228 g/mol. The molecule has 3 heteroatoms. The van der Waals surface area contributed by atoms with E-state index < -0.39 is 11.6 Å². The predicted molar refractivity (Wildman–Crippen MR) is 74.7 cm³/mol. The van der Waals surface area contributed by atoms with Gasteiger partial charge < -0.3 is 10.2 Å². The van der Waals surface area contributed by atoms with Crippen LogP contribution >= 0.6 is 0 Å². The van der Waals surface area contributed by atoms with Gasteiger partial charge in [0.1, 0.15) is 0 Å². The fourth-order valence-corrected chi connectivity index (χ4v) is 2.23. The second-order valence-corrected chi connectivity index (χ2v) is 5.65. The van der Waals surface area contributed by atoms with Crippen LogP contribution in [0.5, 0.6) is 0 Å². The molecule has 0 heterocycles. The number of rotatable bonds is 12. The molecule has 0 aromatic heterocycles. The van der Waals surface area contributed by atoms with Gasteiger partial charge in [-0.15, -0.1) is 0 Å². The van der Waals surface area contributed by atoms with Gasteiger partial charge in [0, 0.05) is 0 Å². The Morgan fingerprint density at radius 3 is 1.83 bits per heavy atom. The molecule has 0 saturated carbocycles. The number of aliphatic hydroxyl groups is 1. The lowest BCUT2D eigenvalue weighted by Crippen LogP contribution is -2.27. The van der Waals surface area contributed by atoms with E-state index >= 15 is 0 Å². The molecule has 0 bridgehead atoms. The van der Waals surface area contributed by atoms with Crippen LogP contribution in [0.3, 0.4) is 0 Å². The fraction of sp³-hybridized carbons (Fsp3) is 0.933. The minimum atomic E-state index is -1.03. The van der Waals surface area contributed by atoms with Gasteiger partial charge in [0.25, 0.3) is 0 Å². The van der Waals surface area contributed by atoms with Crippen molar-refractivity contribution in [1.29, 1.82) is 0 Å². The van der Waals surface area contributed by atoms with Gasteiger partial charge in [-0.1, -0.05) is 64.7 Å². The SMILES string of the molecule is CCCCCCCCCCCC(C)(O)CC(=O)O. The Kier molecular flexibility index (Phi) is 10.0. The molecule has 18 heavy (non-hydrogen) atoms. The zero-order valence-electron chi connectivity index (χ0n) is 12.1. The molecule has 0 aliphatic rings. The normalized spacial score (nSPS) is 14.4. The molecule has 108 valence electrons. The molecule has 0 aliphatic carbocycles. The second kappa shape index (κ2) is 10.4. The Labute approximate surface area is 112 Å². The fourth-order valence-electron chi connectivity index (χ4n) is 2.23. The average molecular weight is 258 g/mol. The number of carboxylic acids is 1. The van der Waals surface area contributed by atoms with Gasteiger partial charge >= 0.3 is 5.97 Å². The van der Waals surface area contributed by atoms with Crippen LogP contribution < -0.4 is 0 Å². The maximum atomic E-state index is 10.5. The number of unbranched alkanes of at least 4 members (excludes halogenated alkanes) is 8. The third kappa shape index (κ3) is 11.9. The van der Waals surface area contributed by atoms with Crippen molar-refractivity contribution in [3.05, 3.63) is 0 Å². The van der Waals surface area contributed by atoms with E-state index in [1.54, 1.807) is 6.92 Å². The summed E-state index contributed by atoms with van der Waals surface area (Å²) < 4.78 is 0. The first-order valence-corrected chi connectivity index (χ1v) is 7.42. The molecule has 0 fully saturated rings. The summed E-state index contributed by atoms with van der Waals surface area (Å²) >= 11 is 0. The van der Waals surface area contributed by atoms with Crippen molar-refractivity contribution >= 4 is 5.97 Å². The van der Waals surface area contributed by atoms with Crippen molar-refractivity contribution in [3.63, 3.8) is 0 Å². The largest absolute Gasteiger partial charge is 0.481 e. The van der Waals surface area contributed by atoms with E-state index in [1.165, 1.54) is 44.9 Å². The molecule has 0 rings (SSSR count). The van der Waals surface area contributed by atoms with E-state index in [1.807, 2.05) is 0 Å². The van der Waals surface area contributed by atoms with Crippen molar-refractivity contribution in [3.8, 4) is 0 Å². The van der Waals surface area contributed by atoms with E-state index in [-0.39, 0.29) is 6.42 Å². The standard InChI is InChI=1S/C15H30O3/c1-3-4-5-6-7-8-9-10-11-12-15(2,18)13-14(16)17/h18H,3-13H2,1-2H3,(H,16,17). The van der Waals surface area contributed by atoms with Crippen LogP contribution in [-0.4, -0.2) is 21.8 Å². The van der Waals surface area contributed by atoms with Gasteiger partial charge in [-0.2, -0.15) is 0 Å². The minimum Gasteiger partial charge on any atom is -0.481 e. The van der Waals surface area contributed by atoms with Crippen LogP contribution in [0.25, 0.3) is 0 Å². The summed E-state index contributed by atoms with van der Waals surface area (Å²) in [5.74, 6) is -0.920. The number of hydrogen-bond acceptors (Lipinski definition) is 2. The summed E-state index contributed by atoms with van der Waals surface area (Å²) in [6, 6.07) is 0. The van der Waals surface area contributed by atoms with E-state index in [4.69, 9.17) is 5.11 Å². The second-order valence-electron chi connectivity index (χ2n) is 5.65. The number of carbonyl (C=O) groups is 1. The molecule has 0 aliphatic heterocycles. The highest BCUT2D eigenvalue weighted by Crippen LogP contribution is 2.19. The Bertz CT molecular complexity index is 212. The lowest BCUT2D eigenvalue weighted by atomic mass is 9.94. The topological polar surface area (TPSA) is 57.5 Å². The van der Waals surface area contributed by atoms with E-state index in [0.717, 1.165) is 12.8 Å². The van der Waals surface area contributed by atoms with Gasteiger partial charge in [0.15, 0.2) is 0 Å². The molecule has 1 atom stereocenters. The summed E-state index contributed by atoms with van der Waals surface area (Å²) in [5, 5.41) is 18.4. The van der Waals surface area contributed by atoms with Crippen molar-refractivity contribution in [1.82, 2.24) is 0 Å². The third-order valence-electron chi connectivity index (χ3n) is 3.35. The van der Waals surface area contributed by atoms with Crippen molar-refractivity contribution in [2.75, 3.05) is 0 Å². The third-order valence-corrected chi connectivity index (χ3v) is 3.35. The summed E-state index contributed by atoms with van der Waals surface area (Å²) in [6.07, 6.45) is 11.6. The lowest BCUT2D eigenvalue weighted by molar-refractivity contribution is -0.142. The van der Waals surface area contributed by atoms with Crippen LogP contribution in [0, 0.1) is 0 Å². The first-order valence-electron chi connectivity index (χ1n) is 7.42. The monoisotopic (exact) mass is 258 g/mol. The van der Waals surface area contributed by atoms with E-state index in [9.17, 15) is 9.90 Å². The van der Waals surface area contributed by atoms with Crippen LogP contribution in [0.15, 0.2) is 0 Å². The predicted octanol–water partition coefficient (Wildman–Crippen LogP) is 4.13. The molecule has 0 saturated heterocycles. The van der Waals surface area contributed by atoms with Gasteiger partial charge in [-0.3, -0.25) is 4.79 Å². The molecule has 0 amide bonds. The maximum absolute atomic E-state index is 10.5. The van der Waals surface area contributed by atoms with Gasteiger partial charge in [0.05, 0.1) is 12.0 Å². The minimum absolute atomic E-state index is 0.149. The lowest BCUT2D eigenvalue weighted by Gasteiger charge is -2.20. The van der Waals surface area contributed by atoms with Gasteiger partial charge in [0.2, 0.25) is 0 Å². The molecule has 3 nitrogen and oxygen atoms in total. The molecular formula is C15H30O3. The average Bonchev–Trinajstić information content (AvgIpc) is 2.25. The number of carboxylic acid groups (broad SMARTS) is 1. The summed E-state index contributed by atoms with van der Waals surface area (Å²) in [7, 11) is 0. The highest BCUT2D eigenvalue weighted by molar-refractivity contribution is 5.67. The Morgan fingerprint density at radius 2 is 1.39 bits per heavy atom. The molecule has 2 N–H and O–H groups in total. The number of aliphatic carboxylic acids is 1. The Hall–Kier alpha value is -0.570. The first-order chi connectivity index (χ1) is 8.48. The summed E-state index contributed by atoms with van der Waals surface area (Å²) in [6.45, 7) is 3.84. The summed E-state index contributed by atoms with van der Waals surface area (Å²) in [4.78, 5) is 10.5. The number of hydrogen-bond donors (Lipinski definition) is 2. The molecule has 0 aromatic carbocycles. The first kappa shape index (κ1) is 17.4. The van der Waals surface area contributed by atoms with Crippen LogP contribution in [0.1, 0.15) is 84.5 Å².